The molecule has 23 heavy (non-hydrogen) atoms. The van der Waals surface area contributed by atoms with Crippen LogP contribution in [0.5, 0.6) is 0 Å². The molecule has 0 aromatic heterocycles. The van der Waals surface area contributed by atoms with Gasteiger partial charge in [-0.2, -0.15) is 0 Å². The first kappa shape index (κ1) is 18.3. The average molecular weight is 337 g/mol. The molecule has 1 saturated heterocycles. The van der Waals surface area contributed by atoms with Crippen LogP contribution >= 0.6 is 12.4 Å². The van der Waals surface area contributed by atoms with Crippen LogP contribution in [0.25, 0.3) is 0 Å². The van der Waals surface area contributed by atoms with E-state index in [1.807, 2.05) is 6.07 Å². The number of hydrogen-bond donors (Lipinski definition) is 1. The highest BCUT2D eigenvalue weighted by Crippen LogP contribution is 2.33. The van der Waals surface area contributed by atoms with Gasteiger partial charge in [-0.25, -0.2) is 0 Å². The van der Waals surface area contributed by atoms with Crippen molar-refractivity contribution in [3.8, 4) is 0 Å². The van der Waals surface area contributed by atoms with Crippen molar-refractivity contribution in [1.82, 2.24) is 4.90 Å². The molecular weight excluding hydrogens is 308 g/mol. The van der Waals surface area contributed by atoms with Gasteiger partial charge in [-0.1, -0.05) is 56.0 Å². The lowest BCUT2D eigenvalue weighted by Crippen LogP contribution is -2.29. The van der Waals surface area contributed by atoms with Crippen molar-refractivity contribution in [1.29, 1.82) is 0 Å². The molecule has 128 valence electrons. The summed E-state index contributed by atoms with van der Waals surface area (Å²) >= 11 is 0. The Hall–Kier alpha value is -1.06. The third-order valence-electron chi connectivity index (χ3n) is 5.57. The summed E-state index contributed by atoms with van der Waals surface area (Å²) in [6, 6.07) is 10.5. The van der Waals surface area contributed by atoms with E-state index in [0.29, 0.717) is 24.3 Å². The molecule has 0 bridgehead atoms. The normalized spacial score (nSPS) is 24.7. The van der Waals surface area contributed by atoms with Crippen LogP contribution in [0.4, 0.5) is 0 Å². The number of nitrogens with zero attached hydrogens (tertiary/aromatic N) is 1. The van der Waals surface area contributed by atoms with Crippen LogP contribution in [0.1, 0.15) is 50.0 Å². The van der Waals surface area contributed by atoms with E-state index in [2.05, 4.69) is 29.2 Å². The number of likely N-dealkylation sites (tertiary alicyclic amines) is 1. The van der Waals surface area contributed by atoms with Crippen LogP contribution in [-0.2, 0) is 4.79 Å². The Morgan fingerprint density at radius 1 is 1.13 bits per heavy atom. The van der Waals surface area contributed by atoms with E-state index in [-0.39, 0.29) is 12.4 Å². The summed E-state index contributed by atoms with van der Waals surface area (Å²) < 4.78 is 0. The minimum absolute atomic E-state index is 0. The Kier molecular flexibility index (Phi) is 6.91. The molecule has 1 aliphatic heterocycles. The zero-order valence-electron chi connectivity index (χ0n) is 13.8. The summed E-state index contributed by atoms with van der Waals surface area (Å²) in [6.45, 7) is 2.33. The number of benzene rings is 1. The minimum atomic E-state index is 0. The molecule has 1 amide bonds. The highest BCUT2D eigenvalue weighted by molar-refractivity contribution is 5.85. The number of carbonyl (C=O) groups is 1. The largest absolute Gasteiger partial charge is 0.342 e. The summed E-state index contributed by atoms with van der Waals surface area (Å²) in [5.41, 5.74) is 7.28. The minimum Gasteiger partial charge on any atom is -0.342 e. The van der Waals surface area contributed by atoms with E-state index >= 15 is 0 Å². The van der Waals surface area contributed by atoms with Crippen molar-refractivity contribution >= 4 is 18.3 Å². The molecule has 2 aliphatic rings. The van der Waals surface area contributed by atoms with E-state index in [1.54, 1.807) is 0 Å². The maximum atomic E-state index is 12.5. The highest BCUT2D eigenvalue weighted by atomic mass is 35.5. The predicted octanol–water partition coefficient (Wildman–Crippen LogP) is 3.58. The number of amides is 1. The van der Waals surface area contributed by atoms with Crippen LogP contribution in [-0.4, -0.2) is 30.4 Å². The monoisotopic (exact) mass is 336 g/mol. The first-order valence-electron chi connectivity index (χ1n) is 8.80. The van der Waals surface area contributed by atoms with Gasteiger partial charge in [-0.05, 0) is 30.4 Å². The molecule has 1 saturated carbocycles. The number of rotatable bonds is 5. The van der Waals surface area contributed by atoms with Gasteiger partial charge in [-0.3, -0.25) is 4.79 Å². The second-order valence-corrected chi connectivity index (χ2v) is 7.00. The first-order chi connectivity index (χ1) is 10.8. The van der Waals surface area contributed by atoms with Gasteiger partial charge in [-0.15, -0.1) is 12.4 Å². The fourth-order valence-electron chi connectivity index (χ4n) is 4.18. The molecule has 0 radical (unpaired) electrons. The molecule has 0 unspecified atom stereocenters. The molecule has 1 aromatic carbocycles. The van der Waals surface area contributed by atoms with E-state index < -0.39 is 0 Å². The zero-order chi connectivity index (χ0) is 15.4. The molecule has 3 nitrogen and oxygen atoms in total. The van der Waals surface area contributed by atoms with Crippen molar-refractivity contribution in [2.75, 3.05) is 19.6 Å². The number of carbonyl (C=O) groups excluding carboxylic acids is 1. The predicted molar refractivity (Wildman–Crippen MR) is 96.7 cm³/mol. The zero-order valence-corrected chi connectivity index (χ0v) is 14.6. The molecule has 2 atom stereocenters. The van der Waals surface area contributed by atoms with Crippen molar-refractivity contribution in [3.05, 3.63) is 35.9 Å². The summed E-state index contributed by atoms with van der Waals surface area (Å²) in [5, 5.41) is 0. The maximum Gasteiger partial charge on any atom is 0.222 e. The Bertz CT molecular complexity index is 487. The molecule has 4 heteroatoms. The Balaban J connectivity index is 0.00000192. The van der Waals surface area contributed by atoms with Gasteiger partial charge in [0.25, 0.3) is 0 Å². The quantitative estimate of drug-likeness (QED) is 0.893. The molecule has 2 fully saturated rings. The van der Waals surface area contributed by atoms with Gasteiger partial charge >= 0.3 is 0 Å². The summed E-state index contributed by atoms with van der Waals surface area (Å²) in [7, 11) is 0. The number of halogens is 1. The molecule has 2 N–H and O–H groups in total. The number of hydrogen-bond acceptors (Lipinski definition) is 2. The molecular formula is C19H29ClN2O. The van der Waals surface area contributed by atoms with Crippen molar-refractivity contribution in [2.45, 2.75) is 44.4 Å². The fraction of sp³-hybridized carbons (Fsp3) is 0.632. The van der Waals surface area contributed by atoms with Gasteiger partial charge in [0.1, 0.15) is 0 Å². The molecule has 3 rings (SSSR count). The lowest BCUT2D eigenvalue weighted by Gasteiger charge is -2.18. The van der Waals surface area contributed by atoms with Crippen molar-refractivity contribution in [2.24, 2.45) is 17.6 Å². The third-order valence-corrected chi connectivity index (χ3v) is 5.57. The van der Waals surface area contributed by atoms with E-state index in [4.69, 9.17) is 5.73 Å². The Morgan fingerprint density at radius 2 is 1.83 bits per heavy atom. The van der Waals surface area contributed by atoms with Gasteiger partial charge < -0.3 is 10.6 Å². The molecule has 1 aromatic rings. The summed E-state index contributed by atoms with van der Waals surface area (Å²) in [5.74, 6) is 1.94. The Morgan fingerprint density at radius 3 is 2.48 bits per heavy atom. The fourth-order valence-corrected chi connectivity index (χ4v) is 4.18. The van der Waals surface area contributed by atoms with Crippen LogP contribution in [0, 0.1) is 11.8 Å². The standard InChI is InChI=1S/C19H28N2O.ClH/c20-12-17-13-21(14-18(17)16-8-2-1-3-9-16)19(22)11-10-15-6-4-5-7-15;/h1-3,8-9,15,17-18H,4-7,10-14,20H2;1H/t17-,18+;/m1./s1. The Labute approximate surface area is 146 Å². The number of nitrogens with two attached hydrogens (primary N) is 1. The summed E-state index contributed by atoms with van der Waals surface area (Å²) in [6.07, 6.45) is 7.17. The van der Waals surface area contributed by atoms with Gasteiger partial charge in [0, 0.05) is 25.4 Å². The smallest absolute Gasteiger partial charge is 0.222 e. The lowest BCUT2D eigenvalue weighted by atomic mass is 9.89. The van der Waals surface area contributed by atoms with Gasteiger partial charge in [0.15, 0.2) is 0 Å². The van der Waals surface area contributed by atoms with E-state index in [1.165, 1.54) is 31.2 Å². The van der Waals surface area contributed by atoms with Crippen LogP contribution in [0.15, 0.2) is 30.3 Å². The summed E-state index contributed by atoms with van der Waals surface area (Å²) in [4.78, 5) is 14.6. The highest BCUT2D eigenvalue weighted by Gasteiger charge is 2.35. The lowest BCUT2D eigenvalue weighted by molar-refractivity contribution is -0.130. The molecule has 1 aliphatic carbocycles. The van der Waals surface area contributed by atoms with E-state index in [9.17, 15) is 4.79 Å². The second kappa shape index (κ2) is 8.70. The second-order valence-electron chi connectivity index (χ2n) is 7.00. The first-order valence-corrected chi connectivity index (χ1v) is 8.80. The van der Waals surface area contributed by atoms with Crippen LogP contribution < -0.4 is 5.73 Å². The molecule has 1 heterocycles. The van der Waals surface area contributed by atoms with Crippen molar-refractivity contribution in [3.63, 3.8) is 0 Å². The van der Waals surface area contributed by atoms with Crippen molar-refractivity contribution < 1.29 is 4.79 Å². The third kappa shape index (κ3) is 4.48. The van der Waals surface area contributed by atoms with Crippen LogP contribution in [0.2, 0.25) is 0 Å². The van der Waals surface area contributed by atoms with Crippen LogP contribution in [0.3, 0.4) is 0 Å². The van der Waals surface area contributed by atoms with Gasteiger partial charge in [0.2, 0.25) is 5.91 Å². The topological polar surface area (TPSA) is 46.3 Å². The van der Waals surface area contributed by atoms with Gasteiger partial charge in [0.05, 0.1) is 0 Å². The SMILES string of the molecule is Cl.NC[C@@H]1CN(C(=O)CCC2CCCC2)C[C@H]1c1ccccc1. The maximum absolute atomic E-state index is 12.5. The average Bonchev–Trinajstić information content (AvgIpc) is 3.22. The molecule has 0 spiro atoms. The van der Waals surface area contributed by atoms with E-state index in [0.717, 1.165) is 31.8 Å².